The Hall–Kier alpha value is -1.74. The molecular weight excluding hydrogens is 360 g/mol. The van der Waals surface area contributed by atoms with E-state index in [0.717, 1.165) is 5.56 Å². The molecule has 136 valence electrons. The van der Waals surface area contributed by atoms with Gasteiger partial charge in [-0.2, -0.15) is 11.3 Å². The molecule has 0 aliphatic rings. The van der Waals surface area contributed by atoms with Gasteiger partial charge in [0.2, 0.25) is 15.9 Å². The maximum absolute atomic E-state index is 12.2. The zero-order valence-corrected chi connectivity index (χ0v) is 15.8. The number of aryl methyl sites for hydroxylation is 1. The predicted octanol–water partition coefficient (Wildman–Crippen LogP) is 2.63. The van der Waals surface area contributed by atoms with Gasteiger partial charge in [0.15, 0.2) is 0 Å². The summed E-state index contributed by atoms with van der Waals surface area (Å²) in [6, 6.07) is 7.77. The molecule has 1 aromatic heterocycles. The molecule has 8 heteroatoms. The fraction of sp³-hybridized carbons (Fsp3) is 0.353. The van der Waals surface area contributed by atoms with Crippen LogP contribution in [0.2, 0.25) is 0 Å². The van der Waals surface area contributed by atoms with Crippen molar-refractivity contribution in [3.05, 3.63) is 46.7 Å². The molecule has 0 aliphatic carbocycles. The highest BCUT2D eigenvalue weighted by atomic mass is 32.2. The van der Waals surface area contributed by atoms with Gasteiger partial charge in [-0.05, 0) is 60.0 Å². The van der Waals surface area contributed by atoms with E-state index in [1.165, 1.54) is 19.2 Å². The normalized spacial score (nSPS) is 12.7. The van der Waals surface area contributed by atoms with Crippen LogP contribution >= 0.6 is 11.3 Å². The van der Waals surface area contributed by atoms with Crippen molar-refractivity contribution >= 4 is 33.0 Å². The van der Waals surface area contributed by atoms with E-state index in [2.05, 4.69) is 10.0 Å². The molecule has 1 atom stereocenters. The van der Waals surface area contributed by atoms with E-state index in [1.807, 2.05) is 16.8 Å². The van der Waals surface area contributed by atoms with Gasteiger partial charge in [-0.1, -0.05) is 0 Å². The topological polar surface area (TPSA) is 84.5 Å². The fourth-order valence-corrected chi connectivity index (χ4v) is 4.18. The molecule has 0 fully saturated rings. The number of carbonyl (C=O) groups is 1. The number of hydrogen-bond acceptors (Lipinski definition) is 5. The van der Waals surface area contributed by atoms with Gasteiger partial charge in [0.25, 0.3) is 0 Å². The van der Waals surface area contributed by atoms with E-state index in [1.54, 1.807) is 30.4 Å². The molecule has 0 bridgehead atoms. The second-order valence-corrected chi connectivity index (χ2v) is 8.18. The summed E-state index contributed by atoms with van der Waals surface area (Å²) in [5, 5.41) is 6.77. The minimum absolute atomic E-state index is 0.103. The Morgan fingerprint density at radius 1 is 1.24 bits per heavy atom. The molecule has 6 nitrogen and oxygen atoms in total. The molecule has 0 radical (unpaired) electrons. The average molecular weight is 383 g/mol. The third-order valence-corrected chi connectivity index (χ3v) is 5.78. The third kappa shape index (κ3) is 6.24. The minimum atomic E-state index is -3.61. The summed E-state index contributed by atoms with van der Waals surface area (Å²) in [5.74, 6) is -0.103. The van der Waals surface area contributed by atoms with Crippen LogP contribution in [0.15, 0.2) is 46.0 Å². The van der Waals surface area contributed by atoms with Crippen LogP contribution in [0.4, 0.5) is 5.69 Å². The van der Waals surface area contributed by atoms with Crippen molar-refractivity contribution in [1.82, 2.24) is 4.72 Å². The van der Waals surface area contributed by atoms with E-state index >= 15 is 0 Å². The van der Waals surface area contributed by atoms with Gasteiger partial charge in [-0.25, -0.2) is 13.1 Å². The van der Waals surface area contributed by atoms with Crippen molar-refractivity contribution in [2.75, 3.05) is 19.0 Å². The van der Waals surface area contributed by atoms with Gasteiger partial charge in [0.05, 0.1) is 11.5 Å². The Morgan fingerprint density at radius 3 is 2.56 bits per heavy atom. The first-order chi connectivity index (χ1) is 11.9. The number of carbonyl (C=O) groups excluding carboxylic acids is 1. The zero-order valence-electron chi connectivity index (χ0n) is 14.2. The summed E-state index contributed by atoms with van der Waals surface area (Å²) < 4.78 is 31.9. The molecule has 2 aromatic rings. The molecule has 2 N–H and O–H groups in total. The summed E-state index contributed by atoms with van der Waals surface area (Å²) >= 11 is 1.60. The minimum Gasteiger partial charge on any atom is -0.383 e. The van der Waals surface area contributed by atoms with Gasteiger partial charge in [-0.15, -0.1) is 0 Å². The third-order valence-electron chi connectivity index (χ3n) is 3.44. The Kier molecular flexibility index (Phi) is 7.12. The average Bonchev–Trinajstić information content (AvgIpc) is 3.06. The van der Waals surface area contributed by atoms with E-state index in [0.29, 0.717) is 18.5 Å². The first-order valence-corrected chi connectivity index (χ1v) is 10.3. The van der Waals surface area contributed by atoms with E-state index in [-0.39, 0.29) is 23.5 Å². The van der Waals surface area contributed by atoms with Crippen molar-refractivity contribution in [1.29, 1.82) is 0 Å². The highest BCUT2D eigenvalue weighted by Crippen LogP contribution is 2.15. The van der Waals surface area contributed by atoms with Gasteiger partial charge < -0.3 is 10.1 Å². The Bertz CT molecular complexity index is 771. The zero-order chi connectivity index (χ0) is 18.3. The van der Waals surface area contributed by atoms with Gasteiger partial charge in [0, 0.05) is 25.3 Å². The highest BCUT2D eigenvalue weighted by molar-refractivity contribution is 7.89. The molecule has 25 heavy (non-hydrogen) atoms. The molecule has 0 saturated heterocycles. The lowest BCUT2D eigenvalue weighted by atomic mass is 10.2. The lowest BCUT2D eigenvalue weighted by Gasteiger charge is -2.13. The SMILES string of the molecule is COCC(C)NS(=O)(=O)c1ccc(NC(=O)CCc2ccsc2)cc1. The van der Waals surface area contributed by atoms with E-state index < -0.39 is 10.0 Å². The summed E-state index contributed by atoms with van der Waals surface area (Å²) in [4.78, 5) is 12.1. The molecule has 1 heterocycles. The number of nitrogens with one attached hydrogen (secondary N) is 2. The van der Waals surface area contributed by atoms with E-state index in [9.17, 15) is 13.2 Å². The van der Waals surface area contributed by atoms with Crippen LogP contribution in [0.1, 0.15) is 18.9 Å². The molecule has 1 aromatic carbocycles. The fourth-order valence-electron chi connectivity index (χ4n) is 2.25. The van der Waals surface area contributed by atoms with Crippen LogP contribution in [0, 0.1) is 0 Å². The predicted molar refractivity (Wildman–Crippen MR) is 99.4 cm³/mol. The van der Waals surface area contributed by atoms with Gasteiger partial charge in [0.1, 0.15) is 0 Å². The number of anilines is 1. The first-order valence-electron chi connectivity index (χ1n) is 7.83. The summed E-state index contributed by atoms with van der Waals surface area (Å²) in [5.41, 5.74) is 1.71. The number of ether oxygens (including phenoxy) is 1. The largest absolute Gasteiger partial charge is 0.383 e. The first kappa shape index (κ1) is 19.6. The van der Waals surface area contributed by atoms with Crippen LogP contribution in [0.25, 0.3) is 0 Å². The number of methoxy groups -OCH3 is 1. The highest BCUT2D eigenvalue weighted by Gasteiger charge is 2.17. The smallest absolute Gasteiger partial charge is 0.240 e. The van der Waals surface area contributed by atoms with Crippen LogP contribution in [-0.2, 0) is 26.0 Å². The van der Waals surface area contributed by atoms with Crippen molar-refractivity contribution in [3.63, 3.8) is 0 Å². The lowest BCUT2D eigenvalue weighted by molar-refractivity contribution is -0.116. The summed E-state index contributed by atoms with van der Waals surface area (Å²) in [6.07, 6.45) is 1.07. The Balaban J connectivity index is 1.91. The number of thiophene rings is 1. The van der Waals surface area contributed by atoms with Crippen LogP contribution in [0.5, 0.6) is 0 Å². The summed E-state index contributed by atoms with van der Waals surface area (Å²) in [7, 11) is -2.09. The number of rotatable bonds is 9. The monoisotopic (exact) mass is 382 g/mol. The van der Waals surface area contributed by atoms with Crippen molar-refractivity contribution in [2.24, 2.45) is 0 Å². The van der Waals surface area contributed by atoms with E-state index in [4.69, 9.17) is 4.74 Å². The lowest BCUT2D eigenvalue weighted by Crippen LogP contribution is -2.35. The molecule has 2 rings (SSSR count). The maximum Gasteiger partial charge on any atom is 0.240 e. The standard InChI is InChI=1S/C17H22N2O4S2/c1-13(11-23-2)19-25(21,22)16-6-4-15(5-7-16)18-17(20)8-3-14-9-10-24-12-14/h4-7,9-10,12-13,19H,3,8,11H2,1-2H3,(H,18,20). The number of amides is 1. The van der Waals surface area contributed by atoms with Gasteiger partial charge in [-0.3, -0.25) is 4.79 Å². The molecule has 1 unspecified atom stereocenters. The number of sulfonamides is 1. The number of benzene rings is 1. The van der Waals surface area contributed by atoms with Crippen molar-refractivity contribution < 1.29 is 17.9 Å². The number of hydrogen-bond donors (Lipinski definition) is 2. The Morgan fingerprint density at radius 2 is 1.96 bits per heavy atom. The van der Waals surface area contributed by atoms with Crippen molar-refractivity contribution in [2.45, 2.75) is 30.7 Å². The second kappa shape index (κ2) is 9.10. The molecule has 0 spiro atoms. The van der Waals surface area contributed by atoms with Crippen LogP contribution in [0.3, 0.4) is 0 Å². The molecule has 1 amide bonds. The van der Waals surface area contributed by atoms with Gasteiger partial charge >= 0.3 is 0 Å². The summed E-state index contributed by atoms with van der Waals surface area (Å²) in [6.45, 7) is 2.01. The Labute approximate surface area is 152 Å². The quantitative estimate of drug-likeness (QED) is 0.698. The second-order valence-electron chi connectivity index (χ2n) is 5.68. The maximum atomic E-state index is 12.2. The molecular formula is C17H22N2O4S2. The van der Waals surface area contributed by atoms with Crippen LogP contribution < -0.4 is 10.0 Å². The van der Waals surface area contributed by atoms with Crippen molar-refractivity contribution in [3.8, 4) is 0 Å². The molecule has 0 aliphatic heterocycles. The molecule has 0 saturated carbocycles. The van der Waals surface area contributed by atoms with Crippen LogP contribution in [-0.4, -0.2) is 34.1 Å².